The Hall–Kier alpha value is -2.22. The van der Waals surface area contributed by atoms with E-state index in [1.807, 2.05) is 24.3 Å². The van der Waals surface area contributed by atoms with Crippen LogP contribution in [0.15, 0.2) is 53.1 Å². The quantitative estimate of drug-likeness (QED) is 0.673. The number of furan rings is 1. The van der Waals surface area contributed by atoms with Crippen molar-refractivity contribution in [3.8, 4) is 0 Å². The van der Waals surface area contributed by atoms with Crippen molar-refractivity contribution in [1.82, 2.24) is 4.90 Å². The molecule has 2 aromatic rings. The summed E-state index contributed by atoms with van der Waals surface area (Å²) in [6.45, 7) is 0.909. The number of hydrogen-bond acceptors (Lipinski definition) is 2. The van der Waals surface area contributed by atoms with Gasteiger partial charge in [0.2, 0.25) is 0 Å². The van der Waals surface area contributed by atoms with E-state index in [1.54, 1.807) is 0 Å². The normalized spacial score (nSPS) is 16.9. The van der Waals surface area contributed by atoms with Crippen molar-refractivity contribution >= 4 is 22.7 Å². The van der Waals surface area contributed by atoms with Gasteiger partial charge in [0, 0.05) is 23.3 Å². The van der Waals surface area contributed by atoms with Crippen LogP contribution in [0.4, 0.5) is 0 Å². The Morgan fingerprint density at radius 2 is 2.06 bits per heavy atom. The van der Waals surface area contributed by atoms with E-state index < -0.39 is 0 Å². The summed E-state index contributed by atoms with van der Waals surface area (Å²) in [4.78, 5) is 2.20. The molecule has 82 valence electrons. The lowest BCUT2D eigenvalue weighted by atomic mass is 10.1. The van der Waals surface area contributed by atoms with Gasteiger partial charge in [0.15, 0.2) is 5.42 Å². The predicted molar refractivity (Wildman–Crippen MR) is 68.3 cm³/mol. The highest BCUT2D eigenvalue weighted by atomic mass is 16.3. The lowest BCUT2D eigenvalue weighted by molar-refractivity contribution is 0.524. The first-order valence-electron chi connectivity index (χ1n) is 5.77. The van der Waals surface area contributed by atoms with E-state index in [2.05, 4.69) is 35.4 Å². The summed E-state index contributed by atoms with van der Waals surface area (Å²) in [6.07, 6.45) is 10.5. The summed E-state index contributed by atoms with van der Waals surface area (Å²) in [5.74, 6) is 0. The highest BCUT2D eigenvalue weighted by Crippen LogP contribution is 2.16. The molecule has 2 aliphatic rings. The minimum atomic E-state index is 0.909. The topological polar surface area (TPSA) is 16.4 Å². The molecule has 1 aromatic carbocycles. The smallest absolute Gasteiger partial charge is 0.158 e. The molecular weight excluding hydrogens is 210 g/mol. The van der Waals surface area contributed by atoms with Crippen LogP contribution in [0.1, 0.15) is 0 Å². The fraction of sp³-hybridized carbons (Fsp3) is 0.0667. The maximum absolute atomic E-state index is 5.96. The fourth-order valence-electron chi connectivity index (χ4n) is 2.49. The van der Waals surface area contributed by atoms with E-state index >= 15 is 0 Å². The summed E-state index contributed by atoms with van der Waals surface area (Å²) < 4.78 is 5.96. The van der Waals surface area contributed by atoms with Crippen LogP contribution in [0, 0.1) is 0 Å². The Kier molecular flexibility index (Phi) is 1.64. The molecule has 0 unspecified atom stereocenters. The Labute approximate surface area is 98.5 Å². The van der Waals surface area contributed by atoms with Gasteiger partial charge in [-0.2, -0.15) is 0 Å². The van der Waals surface area contributed by atoms with Crippen LogP contribution in [0.25, 0.3) is 22.7 Å². The molecule has 0 aliphatic carbocycles. The summed E-state index contributed by atoms with van der Waals surface area (Å²) in [5.41, 5.74) is 3.10. The third kappa shape index (κ3) is 1.15. The van der Waals surface area contributed by atoms with E-state index in [-0.39, 0.29) is 0 Å². The van der Waals surface area contributed by atoms with E-state index in [1.165, 1.54) is 10.6 Å². The van der Waals surface area contributed by atoms with Gasteiger partial charge < -0.3 is 9.32 Å². The zero-order valence-electron chi connectivity index (χ0n) is 9.26. The SMILES string of the molecule is C1=CC2=c3oc4ccccc4c3=CCN2C=C1. The van der Waals surface area contributed by atoms with Crippen molar-refractivity contribution in [2.45, 2.75) is 0 Å². The van der Waals surface area contributed by atoms with Gasteiger partial charge in [0.25, 0.3) is 0 Å². The second-order valence-electron chi connectivity index (χ2n) is 4.28. The van der Waals surface area contributed by atoms with Gasteiger partial charge >= 0.3 is 0 Å². The molecule has 4 rings (SSSR count). The number of nitrogens with zero attached hydrogens (tertiary/aromatic N) is 1. The molecule has 0 saturated heterocycles. The van der Waals surface area contributed by atoms with Crippen molar-refractivity contribution in [2.75, 3.05) is 6.54 Å². The largest absolute Gasteiger partial charge is 0.454 e. The van der Waals surface area contributed by atoms with E-state index in [0.717, 1.165) is 23.2 Å². The minimum Gasteiger partial charge on any atom is -0.454 e. The highest BCUT2D eigenvalue weighted by molar-refractivity contribution is 5.81. The number of rotatable bonds is 0. The lowest BCUT2D eigenvalue weighted by Crippen LogP contribution is -2.35. The Bertz CT molecular complexity index is 777. The summed E-state index contributed by atoms with van der Waals surface area (Å²) in [6, 6.07) is 8.21. The first-order valence-corrected chi connectivity index (χ1v) is 5.77. The molecule has 0 bridgehead atoms. The Morgan fingerprint density at radius 1 is 1.12 bits per heavy atom. The monoisotopic (exact) mass is 221 g/mol. The molecule has 2 nitrogen and oxygen atoms in total. The van der Waals surface area contributed by atoms with E-state index in [4.69, 9.17) is 4.42 Å². The average molecular weight is 221 g/mol. The second-order valence-corrected chi connectivity index (χ2v) is 4.28. The summed E-state index contributed by atoms with van der Waals surface area (Å²) >= 11 is 0. The van der Waals surface area contributed by atoms with Crippen molar-refractivity contribution < 1.29 is 4.42 Å². The Balaban J connectivity index is 2.22. The van der Waals surface area contributed by atoms with Crippen molar-refractivity contribution in [1.29, 1.82) is 0 Å². The third-order valence-corrected chi connectivity index (χ3v) is 3.30. The van der Waals surface area contributed by atoms with Gasteiger partial charge in [-0.3, -0.25) is 0 Å². The standard InChI is InChI=1S/C15H11NO/c1-2-7-14-11(5-1)12-8-10-16-9-4-3-6-13(16)15(12)17-14/h1-9H,10H2. The molecule has 0 fully saturated rings. The van der Waals surface area contributed by atoms with Crippen molar-refractivity contribution in [2.24, 2.45) is 0 Å². The molecule has 0 atom stereocenters. The molecule has 0 amide bonds. The molecule has 0 spiro atoms. The summed E-state index contributed by atoms with van der Waals surface area (Å²) in [5, 5.41) is 2.43. The maximum atomic E-state index is 5.96. The Morgan fingerprint density at radius 3 is 3.06 bits per heavy atom. The minimum absolute atomic E-state index is 0.909. The molecule has 1 aromatic heterocycles. The zero-order valence-corrected chi connectivity index (χ0v) is 9.26. The number of hydrogen-bond donors (Lipinski definition) is 0. The second kappa shape index (κ2) is 3.14. The molecular formula is C15H11NO. The number of fused-ring (bicyclic) bond motifs is 4. The predicted octanol–water partition coefficient (Wildman–Crippen LogP) is 1.72. The lowest BCUT2D eigenvalue weighted by Gasteiger charge is -2.23. The molecule has 17 heavy (non-hydrogen) atoms. The van der Waals surface area contributed by atoms with Gasteiger partial charge in [-0.1, -0.05) is 30.4 Å². The van der Waals surface area contributed by atoms with Gasteiger partial charge in [0.05, 0.1) is 5.70 Å². The average Bonchev–Trinajstić information content (AvgIpc) is 2.78. The fourth-order valence-corrected chi connectivity index (χ4v) is 2.49. The van der Waals surface area contributed by atoms with Crippen LogP contribution in [0.3, 0.4) is 0 Å². The van der Waals surface area contributed by atoms with E-state index in [9.17, 15) is 0 Å². The molecule has 0 saturated carbocycles. The number of para-hydroxylation sites is 1. The van der Waals surface area contributed by atoms with Crippen molar-refractivity contribution in [3.05, 3.63) is 59.3 Å². The molecule has 2 aliphatic heterocycles. The van der Waals surface area contributed by atoms with Gasteiger partial charge in [-0.15, -0.1) is 0 Å². The van der Waals surface area contributed by atoms with E-state index in [0.29, 0.717) is 0 Å². The molecule has 0 radical (unpaired) electrons. The van der Waals surface area contributed by atoms with Crippen LogP contribution in [0.2, 0.25) is 0 Å². The molecule has 2 heteroatoms. The van der Waals surface area contributed by atoms with Crippen LogP contribution in [-0.2, 0) is 0 Å². The third-order valence-electron chi connectivity index (χ3n) is 3.30. The maximum Gasteiger partial charge on any atom is 0.158 e. The number of allylic oxidation sites excluding steroid dienone is 2. The molecule has 3 heterocycles. The zero-order chi connectivity index (χ0) is 11.2. The van der Waals surface area contributed by atoms with Crippen molar-refractivity contribution in [3.63, 3.8) is 0 Å². The van der Waals surface area contributed by atoms with Crippen LogP contribution >= 0.6 is 0 Å². The van der Waals surface area contributed by atoms with Gasteiger partial charge in [-0.25, -0.2) is 0 Å². The highest BCUT2D eigenvalue weighted by Gasteiger charge is 2.15. The van der Waals surface area contributed by atoms with Crippen LogP contribution < -0.4 is 10.6 Å². The van der Waals surface area contributed by atoms with Crippen LogP contribution in [-0.4, -0.2) is 11.4 Å². The molecule has 0 N–H and O–H groups in total. The number of benzene rings is 1. The first-order chi connectivity index (χ1) is 8.43. The van der Waals surface area contributed by atoms with Gasteiger partial charge in [0.1, 0.15) is 5.58 Å². The van der Waals surface area contributed by atoms with Crippen LogP contribution in [0.5, 0.6) is 0 Å². The summed E-state index contributed by atoms with van der Waals surface area (Å²) in [7, 11) is 0. The first kappa shape index (κ1) is 8.88. The van der Waals surface area contributed by atoms with Gasteiger partial charge in [-0.05, 0) is 18.2 Å².